The molecule has 8 nitrogen and oxygen atoms in total. The number of imide groups is 1. The van der Waals surface area contributed by atoms with Gasteiger partial charge >= 0.3 is 6.03 Å². The van der Waals surface area contributed by atoms with Gasteiger partial charge in [-0.25, -0.2) is 4.79 Å². The standard InChI is InChI=1S/C24H28N4O4/c1-24(13-11-17-7-3-2-4-8-17)22(31)28(23(32)25-24)26-21(30)15-27-14-12-18-9-5-6-10-19(18)20(27)16-29/h2-10,20,29H,11-16H2,1H3,(H,25,32)(H,26,30). The largest absolute Gasteiger partial charge is 0.394 e. The van der Waals surface area contributed by atoms with E-state index >= 15 is 0 Å². The van der Waals surface area contributed by atoms with Gasteiger partial charge in [-0.2, -0.15) is 5.01 Å². The fourth-order valence-corrected chi connectivity index (χ4v) is 4.45. The van der Waals surface area contributed by atoms with Crippen molar-refractivity contribution in [2.24, 2.45) is 0 Å². The normalized spacial score (nSPS) is 23.1. The number of fused-ring (bicyclic) bond motifs is 1. The molecule has 3 N–H and O–H groups in total. The molecule has 0 aromatic heterocycles. The minimum Gasteiger partial charge on any atom is -0.394 e. The highest BCUT2D eigenvalue weighted by atomic mass is 16.3. The Bertz CT molecular complexity index is 1010. The lowest BCUT2D eigenvalue weighted by Crippen LogP contribution is -2.52. The van der Waals surface area contributed by atoms with Crippen molar-refractivity contribution in [2.75, 3.05) is 19.7 Å². The number of aliphatic hydroxyl groups excluding tert-OH is 1. The highest BCUT2D eigenvalue weighted by Gasteiger charge is 2.48. The lowest BCUT2D eigenvalue weighted by molar-refractivity contribution is -0.139. The van der Waals surface area contributed by atoms with Crippen LogP contribution < -0.4 is 10.7 Å². The minimum absolute atomic E-state index is 0.0304. The van der Waals surface area contributed by atoms with Crippen LogP contribution in [0.15, 0.2) is 54.6 Å². The van der Waals surface area contributed by atoms with E-state index in [1.807, 2.05) is 59.5 Å². The summed E-state index contributed by atoms with van der Waals surface area (Å²) in [4.78, 5) is 40.0. The van der Waals surface area contributed by atoms with Gasteiger partial charge in [0.25, 0.3) is 11.8 Å². The molecule has 2 aliphatic rings. The zero-order valence-electron chi connectivity index (χ0n) is 18.1. The highest BCUT2D eigenvalue weighted by molar-refractivity contribution is 6.07. The van der Waals surface area contributed by atoms with Gasteiger partial charge in [0.1, 0.15) is 5.54 Å². The second-order valence-electron chi connectivity index (χ2n) is 8.54. The number of nitrogens with zero attached hydrogens (tertiary/aromatic N) is 2. The Morgan fingerprint density at radius 2 is 1.88 bits per heavy atom. The van der Waals surface area contributed by atoms with Crippen LogP contribution >= 0.6 is 0 Å². The Morgan fingerprint density at radius 3 is 2.62 bits per heavy atom. The first-order valence-electron chi connectivity index (χ1n) is 10.8. The third-order valence-electron chi connectivity index (χ3n) is 6.30. The number of benzene rings is 2. The van der Waals surface area contributed by atoms with Crippen LogP contribution in [0.5, 0.6) is 0 Å². The van der Waals surface area contributed by atoms with Crippen LogP contribution in [0.3, 0.4) is 0 Å². The van der Waals surface area contributed by atoms with Gasteiger partial charge in [-0.3, -0.25) is 19.9 Å². The lowest BCUT2D eigenvalue weighted by atomic mass is 9.93. The van der Waals surface area contributed by atoms with Crippen LogP contribution in [0.25, 0.3) is 0 Å². The molecule has 4 amide bonds. The SMILES string of the molecule is CC1(CCc2ccccc2)NC(=O)N(NC(=O)CN2CCc3ccccc3C2CO)C1=O. The van der Waals surface area contributed by atoms with Gasteiger partial charge in [-0.05, 0) is 42.9 Å². The van der Waals surface area contributed by atoms with Crippen molar-refractivity contribution in [3.8, 4) is 0 Å². The number of nitrogens with one attached hydrogen (secondary N) is 2. The van der Waals surface area contributed by atoms with E-state index < -0.39 is 23.4 Å². The Kier molecular flexibility index (Phi) is 6.25. The maximum Gasteiger partial charge on any atom is 0.344 e. The number of rotatable bonds is 7. The van der Waals surface area contributed by atoms with E-state index in [1.54, 1.807) is 6.92 Å². The molecule has 0 radical (unpaired) electrons. The van der Waals surface area contributed by atoms with Crippen molar-refractivity contribution < 1.29 is 19.5 Å². The molecule has 1 fully saturated rings. The third kappa shape index (κ3) is 4.37. The molecule has 2 aromatic carbocycles. The summed E-state index contributed by atoms with van der Waals surface area (Å²) in [5.41, 5.74) is 4.60. The van der Waals surface area contributed by atoms with Gasteiger partial charge in [0.15, 0.2) is 0 Å². The smallest absolute Gasteiger partial charge is 0.344 e. The van der Waals surface area contributed by atoms with Gasteiger partial charge in [0.2, 0.25) is 0 Å². The number of hydrazine groups is 1. The minimum atomic E-state index is -1.09. The molecule has 8 heteroatoms. The maximum absolute atomic E-state index is 12.9. The van der Waals surface area contributed by atoms with Gasteiger partial charge < -0.3 is 10.4 Å². The number of urea groups is 1. The summed E-state index contributed by atoms with van der Waals surface area (Å²) in [7, 11) is 0. The number of hydrogen-bond donors (Lipinski definition) is 3. The van der Waals surface area contributed by atoms with Crippen LogP contribution in [0.1, 0.15) is 36.1 Å². The molecular weight excluding hydrogens is 408 g/mol. The number of carbonyl (C=O) groups is 3. The zero-order chi connectivity index (χ0) is 22.7. The quantitative estimate of drug-likeness (QED) is 0.572. The molecule has 168 valence electrons. The van der Waals surface area contributed by atoms with E-state index in [2.05, 4.69) is 10.7 Å². The molecule has 0 aliphatic carbocycles. The van der Waals surface area contributed by atoms with Crippen LogP contribution in [0.4, 0.5) is 4.79 Å². The summed E-state index contributed by atoms with van der Waals surface area (Å²) in [6.45, 7) is 2.12. The van der Waals surface area contributed by atoms with Crippen molar-refractivity contribution in [2.45, 2.75) is 37.8 Å². The van der Waals surface area contributed by atoms with Crippen molar-refractivity contribution in [1.29, 1.82) is 0 Å². The summed E-state index contributed by atoms with van der Waals surface area (Å²) in [5.74, 6) is -0.951. The number of aryl methyl sites for hydroxylation is 1. The van der Waals surface area contributed by atoms with Crippen molar-refractivity contribution in [1.82, 2.24) is 20.7 Å². The van der Waals surface area contributed by atoms with Crippen molar-refractivity contribution >= 4 is 17.8 Å². The molecule has 2 unspecified atom stereocenters. The second-order valence-corrected chi connectivity index (χ2v) is 8.54. The maximum atomic E-state index is 12.9. The van der Waals surface area contributed by atoms with Crippen LogP contribution in [0.2, 0.25) is 0 Å². The average Bonchev–Trinajstić information content (AvgIpc) is 3.01. The lowest BCUT2D eigenvalue weighted by Gasteiger charge is -2.36. The summed E-state index contributed by atoms with van der Waals surface area (Å²) in [6, 6.07) is 16.6. The van der Waals surface area contributed by atoms with Gasteiger partial charge in [-0.1, -0.05) is 54.6 Å². The van der Waals surface area contributed by atoms with E-state index in [-0.39, 0.29) is 19.2 Å². The van der Waals surface area contributed by atoms with E-state index in [4.69, 9.17) is 0 Å². The Morgan fingerprint density at radius 1 is 1.16 bits per heavy atom. The van der Waals surface area contributed by atoms with Gasteiger partial charge in [-0.15, -0.1) is 0 Å². The third-order valence-corrected chi connectivity index (χ3v) is 6.30. The Hall–Kier alpha value is -3.23. The monoisotopic (exact) mass is 436 g/mol. The molecule has 2 heterocycles. The first kappa shape index (κ1) is 22.0. The second kappa shape index (κ2) is 9.10. The zero-order valence-corrected chi connectivity index (χ0v) is 18.1. The molecule has 2 atom stereocenters. The molecule has 0 bridgehead atoms. The summed E-state index contributed by atoms with van der Waals surface area (Å²) >= 11 is 0. The van der Waals surface area contributed by atoms with E-state index in [0.717, 1.165) is 28.1 Å². The average molecular weight is 437 g/mol. The molecular formula is C24H28N4O4. The van der Waals surface area contributed by atoms with E-state index in [0.29, 0.717) is 19.4 Å². The van der Waals surface area contributed by atoms with Crippen LogP contribution in [0, 0.1) is 0 Å². The summed E-state index contributed by atoms with van der Waals surface area (Å²) < 4.78 is 0. The molecule has 2 aromatic rings. The number of hydrogen-bond acceptors (Lipinski definition) is 5. The predicted octanol–water partition coefficient (Wildman–Crippen LogP) is 1.55. The number of carbonyl (C=O) groups excluding carboxylic acids is 3. The Labute approximate surface area is 187 Å². The van der Waals surface area contributed by atoms with Crippen LogP contribution in [-0.4, -0.2) is 58.1 Å². The first-order valence-corrected chi connectivity index (χ1v) is 10.8. The number of amides is 4. The van der Waals surface area contributed by atoms with Crippen molar-refractivity contribution in [3.63, 3.8) is 0 Å². The fourth-order valence-electron chi connectivity index (χ4n) is 4.45. The highest BCUT2D eigenvalue weighted by Crippen LogP contribution is 2.29. The molecule has 0 spiro atoms. The molecule has 2 aliphatic heterocycles. The topological polar surface area (TPSA) is 102 Å². The molecule has 1 saturated heterocycles. The number of aliphatic hydroxyl groups is 1. The Balaban J connectivity index is 1.38. The van der Waals surface area contributed by atoms with Gasteiger partial charge in [0, 0.05) is 6.54 Å². The molecule has 32 heavy (non-hydrogen) atoms. The van der Waals surface area contributed by atoms with Crippen LogP contribution in [-0.2, 0) is 22.4 Å². The molecule has 0 saturated carbocycles. The molecule has 4 rings (SSSR count). The first-order chi connectivity index (χ1) is 15.4. The predicted molar refractivity (Wildman–Crippen MR) is 118 cm³/mol. The van der Waals surface area contributed by atoms with E-state index in [1.165, 1.54) is 0 Å². The summed E-state index contributed by atoms with van der Waals surface area (Å²) in [6.07, 6.45) is 1.81. The van der Waals surface area contributed by atoms with Crippen molar-refractivity contribution in [3.05, 3.63) is 71.3 Å². The summed E-state index contributed by atoms with van der Waals surface area (Å²) in [5, 5.41) is 13.4. The fraction of sp³-hybridized carbons (Fsp3) is 0.375. The van der Waals surface area contributed by atoms with E-state index in [9.17, 15) is 19.5 Å². The van der Waals surface area contributed by atoms with Gasteiger partial charge in [0.05, 0.1) is 19.2 Å².